The average molecular weight is 425 g/mol. The third-order valence-electron chi connectivity index (χ3n) is 5.60. The number of amides is 1. The van der Waals surface area contributed by atoms with Crippen molar-refractivity contribution in [3.8, 4) is 5.75 Å². The number of likely N-dealkylation sites (tertiary alicyclic amines) is 1. The van der Waals surface area contributed by atoms with Crippen LogP contribution in [0.1, 0.15) is 36.9 Å². The molecule has 2 aliphatic heterocycles. The Morgan fingerprint density at radius 3 is 2.58 bits per heavy atom. The molecule has 2 aliphatic rings. The van der Waals surface area contributed by atoms with E-state index in [9.17, 15) is 19.1 Å². The summed E-state index contributed by atoms with van der Waals surface area (Å²) in [6.45, 7) is 3.10. The van der Waals surface area contributed by atoms with E-state index in [0.717, 1.165) is 12.8 Å². The maximum Gasteiger partial charge on any atom is 0.295 e. The molecule has 0 radical (unpaired) electrons. The number of halogens is 1. The molecule has 1 N–H and O–H groups in total. The van der Waals surface area contributed by atoms with E-state index < -0.39 is 23.5 Å². The number of ether oxygens (including phenoxy) is 2. The third kappa shape index (κ3) is 4.05. The molecule has 2 heterocycles. The van der Waals surface area contributed by atoms with Gasteiger partial charge in [0.15, 0.2) is 0 Å². The molecule has 0 saturated carbocycles. The Bertz CT molecular complexity index is 1010. The maximum absolute atomic E-state index is 14.8. The van der Waals surface area contributed by atoms with Gasteiger partial charge < -0.3 is 19.5 Å². The Balaban J connectivity index is 1.79. The highest BCUT2D eigenvalue weighted by molar-refractivity contribution is 6.46. The van der Waals surface area contributed by atoms with Crippen LogP contribution in [0.15, 0.2) is 54.1 Å². The Labute approximate surface area is 179 Å². The second-order valence-electron chi connectivity index (χ2n) is 7.57. The number of benzene rings is 2. The lowest BCUT2D eigenvalue weighted by molar-refractivity contribution is -0.140. The molecule has 2 atom stereocenters. The summed E-state index contributed by atoms with van der Waals surface area (Å²) in [4.78, 5) is 27.2. The van der Waals surface area contributed by atoms with Gasteiger partial charge in [0, 0.05) is 24.3 Å². The van der Waals surface area contributed by atoms with Crippen LogP contribution in [-0.4, -0.2) is 47.6 Å². The molecule has 0 aliphatic carbocycles. The molecule has 2 unspecified atom stereocenters. The number of hydrogen-bond donors (Lipinski definition) is 1. The van der Waals surface area contributed by atoms with Crippen LogP contribution >= 0.6 is 0 Å². The maximum atomic E-state index is 14.8. The smallest absolute Gasteiger partial charge is 0.295 e. The minimum absolute atomic E-state index is 0.128. The van der Waals surface area contributed by atoms with Crippen molar-refractivity contribution in [1.82, 2.24) is 4.90 Å². The van der Waals surface area contributed by atoms with Gasteiger partial charge in [0.05, 0.1) is 24.3 Å². The second kappa shape index (κ2) is 8.89. The zero-order valence-corrected chi connectivity index (χ0v) is 17.2. The first kappa shape index (κ1) is 21.1. The molecular weight excluding hydrogens is 401 g/mol. The minimum atomic E-state index is -1.03. The van der Waals surface area contributed by atoms with E-state index in [2.05, 4.69) is 0 Å². The first-order chi connectivity index (χ1) is 15.0. The Morgan fingerprint density at radius 2 is 1.94 bits per heavy atom. The van der Waals surface area contributed by atoms with E-state index in [0.29, 0.717) is 24.5 Å². The lowest BCUT2D eigenvalue weighted by atomic mass is 9.94. The van der Waals surface area contributed by atoms with Crippen LogP contribution in [0.2, 0.25) is 0 Å². The van der Waals surface area contributed by atoms with Crippen LogP contribution in [0.3, 0.4) is 0 Å². The molecule has 0 aromatic heterocycles. The largest absolute Gasteiger partial charge is 0.507 e. The van der Waals surface area contributed by atoms with Gasteiger partial charge in [-0.25, -0.2) is 4.39 Å². The third-order valence-corrected chi connectivity index (χ3v) is 5.60. The van der Waals surface area contributed by atoms with Gasteiger partial charge in [-0.3, -0.25) is 9.59 Å². The van der Waals surface area contributed by atoms with Crippen molar-refractivity contribution in [3.05, 3.63) is 71.0 Å². The molecule has 2 aromatic rings. The van der Waals surface area contributed by atoms with E-state index in [1.54, 1.807) is 30.3 Å². The lowest BCUT2D eigenvalue weighted by Gasteiger charge is -2.27. The van der Waals surface area contributed by atoms with Gasteiger partial charge in [-0.15, -0.1) is 0 Å². The van der Waals surface area contributed by atoms with E-state index in [-0.39, 0.29) is 29.5 Å². The summed E-state index contributed by atoms with van der Waals surface area (Å²) in [5.74, 6) is -1.88. The fourth-order valence-electron chi connectivity index (χ4n) is 4.13. The molecule has 4 rings (SSSR count). The summed E-state index contributed by atoms with van der Waals surface area (Å²) < 4.78 is 25.8. The molecule has 6 nitrogen and oxygen atoms in total. The summed E-state index contributed by atoms with van der Waals surface area (Å²) in [6, 6.07) is 11.5. The van der Waals surface area contributed by atoms with Crippen LogP contribution in [-0.2, 0) is 14.3 Å². The van der Waals surface area contributed by atoms with E-state index >= 15 is 0 Å². The molecule has 0 bridgehead atoms. The van der Waals surface area contributed by atoms with Crippen molar-refractivity contribution < 1.29 is 28.6 Å². The van der Waals surface area contributed by atoms with Gasteiger partial charge in [-0.2, -0.15) is 0 Å². The van der Waals surface area contributed by atoms with Crippen LogP contribution in [0, 0.1) is 5.82 Å². The quantitative estimate of drug-likeness (QED) is 0.433. The highest BCUT2D eigenvalue weighted by atomic mass is 19.1. The molecule has 162 valence electrons. The van der Waals surface area contributed by atoms with Gasteiger partial charge in [-0.05, 0) is 50.1 Å². The van der Waals surface area contributed by atoms with Crippen LogP contribution in [0.4, 0.5) is 4.39 Å². The number of nitrogens with zero attached hydrogens (tertiary/aromatic N) is 1. The average Bonchev–Trinajstić information content (AvgIpc) is 3.37. The number of Topliss-reactive ketones (excluding diaryl/α,β-unsaturated/α-hetero) is 1. The fourth-order valence-corrected chi connectivity index (χ4v) is 4.13. The zero-order chi connectivity index (χ0) is 22.0. The van der Waals surface area contributed by atoms with Crippen LogP contribution in [0.25, 0.3) is 5.76 Å². The first-order valence-corrected chi connectivity index (χ1v) is 10.4. The molecule has 1 amide bonds. The van der Waals surface area contributed by atoms with Crippen molar-refractivity contribution in [3.63, 3.8) is 0 Å². The standard InChI is InChI=1S/C24H24FNO5/c1-2-30-16-11-9-15(10-12-16)22(27)20-21(18-7-3-4-8-19(18)25)26(24(29)23(20)28)14-17-6-5-13-31-17/h3-4,7-12,17,21,27H,2,5-6,13-14H2,1H3/b22-20+. The van der Waals surface area contributed by atoms with Crippen molar-refractivity contribution in [2.45, 2.75) is 31.9 Å². The van der Waals surface area contributed by atoms with Gasteiger partial charge in [0.2, 0.25) is 0 Å². The summed E-state index contributed by atoms with van der Waals surface area (Å²) in [6.07, 6.45) is 1.40. The number of carbonyl (C=O) groups excluding carboxylic acids is 2. The van der Waals surface area contributed by atoms with E-state index in [1.807, 2.05) is 6.92 Å². The fraction of sp³-hybridized carbons (Fsp3) is 0.333. The Morgan fingerprint density at radius 1 is 1.19 bits per heavy atom. The summed E-state index contributed by atoms with van der Waals surface area (Å²) >= 11 is 0. The van der Waals surface area contributed by atoms with Gasteiger partial charge in [0.1, 0.15) is 17.3 Å². The van der Waals surface area contributed by atoms with Gasteiger partial charge >= 0.3 is 0 Å². The summed E-state index contributed by atoms with van der Waals surface area (Å²) in [5.41, 5.74) is 0.379. The van der Waals surface area contributed by atoms with Crippen molar-refractivity contribution in [2.75, 3.05) is 19.8 Å². The number of hydrogen-bond acceptors (Lipinski definition) is 5. The molecule has 0 spiro atoms. The van der Waals surface area contributed by atoms with Crippen LogP contribution in [0.5, 0.6) is 5.75 Å². The van der Waals surface area contributed by atoms with Crippen molar-refractivity contribution in [2.24, 2.45) is 0 Å². The summed E-state index contributed by atoms with van der Waals surface area (Å²) in [5, 5.41) is 11.0. The highest BCUT2D eigenvalue weighted by Crippen LogP contribution is 2.41. The molecule has 31 heavy (non-hydrogen) atoms. The predicted octanol–water partition coefficient (Wildman–Crippen LogP) is 3.83. The summed E-state index contributed by atoms with van der Waals surface area (Å²) in [7, 11) is 0. The predicted molar refractivity (Wildman–Crippen MR) is 112 cm³/mol. The minimum Gasteiger partial charge on any atom is -0.507 e. The monoisotopic (exact) mass is 425 g/mol. The number of carbonyl (C=O) groups is 2. The highest BCUT2D eigenvalue weighted by Gasteiger charge is 2.47. The van der Waals surface area contributed by atoms with Crippen molar-refractivity contribution >= 4 is 17.4 Å². The normalized spacial score (nSPS) is 22.8. The molecular formula is C24H24FNO5. The second-order valence-corrected chi connectivity index (χ2v) is 7.57. The Kier molecular flexibility index (Phi) is 6.04. The first-order valence-electron chi connectivity index (χ1n) is 10.4. The Hall–Kier alpha value is -3.19. The number of aliphatic hydroxyl groups is 1. The topological polar surface area (TPSA) is 76.1 Å². The SMILES string of the molecule is CCOc1ccc(/C(O)=C2\C(=O)C(=O)N(CC3CCCO3)C2c2ccccc2F)cc1. The van der Waals surface area contributed by atoms with Crippen LogP contribution < -0.4 is 4.74 Å². The number of aliphatic hydroxyl groups excluding tert-OH is 1. The molecule has 2 saturated heterocycles. The number of rotatable bonds is 6. The number of ketones is 1. The van der Waals surface area contributed by atoms with Crippen molar-refractivity contribution in [1.29, 1.82) is 0 Å². The molecule has 2 fully saturated rings. The molecule has 7 heteroatoms. The van der Waals surface area contributed by atoms with E-state index in [1.165, 1.54) is 23.1 Å². The lowest BCUT2D eigenvalue weighted by Crippen LogP contribution is -2.36. The zero-order valence-electron chi connectivity index (χ0n) is 17.2. The van der Waals surface area contributed by atoms with Gasteiger partial charge in [0.25, 0.3) is 11.7 Å². The van der Waals surface area contributed by atoms with E-state index in [4.69, 9.17) is 9.47 Å². The van der Waals surface area contributed by atoms with Gasteiger partial charge in [-0.1, -0.05) is 18.2 Å². The molecule has 2 aromatic carbocycles.